The zero-order valence-electron chi connectivity index (χ0n) is 40.5. The molecule has 0 saturated carbocycles. The number of likely N-dealkylation sites (tertiary alicyclic amines) is 2. The minimum absolute atomic E-state index is 0.0568. The number of morpholine rings is 2. The molecule has 5 heterocycles. The molecule has 6 unspecified atom stereocenters. The summed E-state index contributed by atoms with van der Waals surface area (Å²) in [6, 6.07) is -0.0602. The standard InChI is InChI=1S/C7H15NO3.C7H15NO.C6H13NO2.C6H13NO.C5H11NO.3C3H9NO.C2H8N2O/c9-6-7(10)5-8-1-3-11-4-2-8;1-2-8-5-3-4-7(9)6-8;8-4-1-7-2-5-9-6-3-7;1-7-4-2-3-6(8)5-7;7-5-2-1-3-6-4-5;1-3(4)2-5;1-3(5)2-4;4-2-1-3-5;3-4-1-2-5/h7,9-10H,1-6H2;7,9H,2-6H2,1H3;8H,1-6H2;6,8H,2-5H2,1H3;5-7H,1-4H2;2*3,5H,2,4H2,1H3;5H,1-4H2;4-5H,1-3H2. The monoisotopic (exact) mass is 939 g/mol. The third-order valence-corrected chi connectivity index (χ3v) is 9.35. The molecule has 20 N–H and O–H groups in total. The van der Waals surface area contributed by atoms with Crippen LogP contribution in [0.3, 0.4) is 0 Å². The first-order valence-electron chi connectivity index (χ1n) is 23.4. The van der Waals surface area contributed by atoms with Gasteiger partial charge in [0, 0.05) is 84.6 Å². The molecule has 5 saturated heterocycles. The highest BCUT2D eigenvalue weighted by atomic mass is 16.5. The normalized spacial score (nSPS) is 22.9. The van der Waals surface area contributed by atoms with Crippen LogP contribution in [0.1, 0.15) is 65.7 Å². The van der Waals surface area contributed by atoms with Crippen LogP contribution in [0.4, 0.5) is 0 Å². The van der Waals surface area contributed by atoms with Crippen molar-refractivity contribution in [1.82, 2.24) is 30.3 Å². The highest BCUT2D eigenvalue weighted by Gasteiger charge is 2.16. The van der Waals surface area contributed by atoms with E-state index in [0.717, 1.165) is 143 Å². The molecule has 5 rings (SSSR count). The van der Waals surface area contributed by atoms with Gasteiger partial charge in [-0.1, -0.05) is 6.92 Å². The fourth-order valence-corrected chi connectivity index (χ4v) is 5.55. The van der Waals surface area contributed by atoms with E-state index in [2.05, 4.69) is 37.3 Å². The predicted molar refractivity (Wildman–Crippen MR) is 254 cm³/mol. The Hall–Kier alpha value is -0.880. The first-order chi connectivity index (χ1) is 30.6. The van der Waals surface area contributed by atoms with E-state index in [1.165, 1.54) is 6.54 Å². The SMILES string of the molecule is CC(N)CO.CC(O)CN.CCN1CCCC(O)C1.CN1CCCC(O)C1.NCCCO.NNCCO.OC1CCCNC1.OCC(O)CN1CCOCC1.OCCN1CCOCC1. The van der Waals surface area contributed by atoms with Crippen LogP contribution in [0.5, 0.6) is 0 Å². The van der Waals surface area contributed by atoms with Gasteiger partial charge in [-0.2, -0.15) is 0 Å². The van der Waals surface area contributed by atoms with Crippen LogP contribution in [0.2, 0.25) is 0 Å². The number of piperidine rings is 3. The summed E-state index contributed by atoms with van der Waals surface area (Å²) < 4.78 is 10.3. The van der Waals surface area contributed by atoms with Crippen LogP contribution in [-0.2, 0) is 9.47 Å². The number of hydrazine groups is 1. The Labute approximate surface area is 386 Å². The Morgan fingerprint density at radius 2 is 1.22 bits per heavy atom. The molecule has 22 nitrogen and oxygen atoms in total. The molecule has 392 valence electrons. The molecule has 0 aromatic heterocycles. The van der Waals surface area contributed by atoms with E-state index in [0.29, 0.717) is 26.2 Å². The number of hydrogen-bond acceptors (Lipinski definition) is 22. The van der Waals surface area contributed by atoms with Crippen molar-refractivity contribution in [2.45, 2.75) is 102 Å². The number of aliphatic hydroxyl groups excluding tert-OH is 10. The third-order valence-electron chi connectivity index (χ3n) is 9.35. The van der Waals surface area contributed by atoms with Gasteiger partial charge in [0.2, 0.25) is 0 Å². The second kappa shape index (κ2) is 54.7. The predicted octanol–water partition coefficient (Wildman–Crippen LogP) is -5.33. The van der Waals surface area contributed by atoms with E-state index in [4.69, 9.17) is 83.6 Å². The second-order valence-electron chi connectivity index (χ2n) is 16.0. The van der Waals surface area contributed by atoms with Crippen molar-refractivity contribution in [1.29, 1.82) is 0 Å². The van der Waals surface area contributed by atoms with Crippen molar-refractivity contribution in [3.05, 3.63) is 0 Å². The minimum Gasteiger partial charge on any atom is -0.396 e. The molecule has 5 aliphatic rings. The highest BCUT2D eigenvalue weighted by molar-refractivity contribution is 4.70. The van der Waals surface area contributed by atoms with Crippen molar-refractivity contribution in [3.8, 4) is 0 Å². The van der Waals surface area contributed by atoms with Crippen LogP contribution in [0, 0.1) is 0 Å². The lowest BCUT2D eigenvalue weighted by molar-refractivity contribution is 0.00170. The molecular weight excluding hydrogens is 837 g/mol. The van der Waals surface area contributed by atoms with Crippen LogP contribution in [0.25, 0.3) is 0 Å². The molecule has 22 heteroatoms. The lowest BCUT2D eigenvalue weighted by atomic mass is 10.1. The number of hydrogen-bond donors (Lipinski definition) is 16. The summed E-state index contributed by atoms with van der Waals surface area (Å²) in [6.07, 6.45) is 5.99. The Bertz CT molecular complexity index is 828. The molecule has 0 aromatic carbocycles. The first kappa shape index (κ1) is 69.7. The number of ether oxygens (including phenoxy) is 2. The summed E-state index contributed by atoms with van der Waals surface area (Å²) in [7, 11) is 2.04. The number of likely N-dealkylation sites (N-methyl/N-ethyl adjacent to an activating group) is 2. The van der Waals surface area contributed by atoms with E-state index in [1.807, 2.05) is 7.05 Å². The number of nitrogens with zero attached hydrogens (tertiary/aromatic N) is 4. The second-order valence-corrected chi connectivity index (χ2v) is 16.0. The molecule has 6 atom stereocenters. The van der Waals surface area contributed by atoms with Crippen LogP contribution in [0.15, 0.2) is 0 Å². The number of β-amino-alcohol motifs (C(OH)–C–C–N with tert-alkyl or cyclic N) is 5. The van der Waals surface area contributed by atoms with Gasteiger partial charge >= 0.3 is 0 Å². The first-order valence-corrected chi connectivity index (χ1v) is 23.4. The summed E-state index contributed by atoms with van der Waals surface area (Å²) in [6.45, 7) is 22.6. The van der Waals surface area contributed by atoms with E-state index < -0.39 is 6.10 Å². The van der Waals surface area contributed by atoms with Gasteiger partial charge in [0.1, 0.15) is 0 Å². The zero-order valence-corrected chi connectivity index (χ0v) is 40.5. The van der Waals surface area contributed by atoms with Crippen molar-refractivity contribution in [2.24, 2.45) is 23.0 Å². The summed E-state index contributed by atoms with van der Waals surface area (Å²) in [5, 5.41) is 88.5. The van der Waals surface area contributed by atoms with Gasteiger partial charge in [0.25, 0.3) is 0 Å². The van der Waals surface area contributed by atoms with Gasteiger partial charge in [-0.15, -0.1) is 0 Å². The summed E-state index contributed by atoms with van der Waals surface area (Å²) in [4.78, 5) is 8.73. The minimum atomic E-state index is -0.604. The summed E-state index contributed by atoms with van der Waals surface area (Å²) in [5.74, 6) is 4.73. The van der Waals surface area contributed by atoms with Crippen LogP contribution >= 0.6 is 0 Å². The molecule has 5 fully saturated rings. The van der Waals surface area contributed by atoms with E-state index in [1.54, 1.807) is 13.8 Å². The van der Waals surface area contributed by atoms with E-state index in [-0.39, 0.29) is 63.5 Å². The quantitative estimate of drug-likeness (QED) is 0.0642. The maximum absolute atomic E-state index is 9.17. The number of rotatable bonds is 12. The van der Waals surface area contributed by atoms with Gasteiger partial charge in [-0.05, 0) is 98.6 Å². The maximum atomic E-state index is 9.17. The molecule has 64 heavy (non-hydrogen) atoms. The van der Waals surface area contributed by atoms with Gasteiger partial charge in [0.15, 0.2) is 0 Å². The van der Waals surface area contributed by atoms with Crippen molar-refractivity contribution in [2.75, 3.05) is 171 Å². The van der Waals surface area contributed by atoms with Crippen LogP contribution in [-0.4, -0.2) is 278 Å². The molecule has 0 amide bonds. The third kappa shape index (κ3) is 57.2. The zero-order chi connectivity index (χ0) is 49.2. The molecule has 0 radical (unpaired) electrons. The highest BCUT2D eigenvalue weighted by Crippen LogP contribution is 2.08. The van der Waals surface area contributed by atoms with Gasteiger partial charge < -0.3 is 92.9 Å². The largest absolute Gasteiger partial charge is 0.396 e. The Balaban J connectivity index is -0.000000322. The molecular formula is C42H102N10O12. The Morgan fingerprint density at radius 3 is 1.48 bits per heavy atom. The fourth-order valence-electron chi connectivity index (χ4n) is 5.55. The lowest BCUT2D eigenvalue weighted by Gasteiger charge is -2.28. The Kier molecular flexibility index (Phi) is 59.6. The average Bonchev–Trinajstić information content (AvgIpc) is 3.29. The van der Waals surface area contributed by atoms with E-state index in [9.17, 15) is 0 Å². The number of nitrogens with two attached hydrogens (primary N) is 4. The molecule has 0 spiro atoms. The molecule has 0 bridgehead atoms. The molecule has 5 aliphatic heterocycles. The molecule has 0 aliphatic carbocycles. The van der Waals surface area contributed by atoms with Gasteiger partial charge in [-0.25, -0.2) is 0 Å². The summed E-state index contributed by atoms with van der Waals surface area (Å²) in [5.41, 5.74) is 17.2. The molecule has 0 aromatic rings. The number of nitrogens with one attached hydrogen (secondary N) is 2. The van der Waals surface area contributed by atoms with Crippen molar-refractivity contribution < 1.29 is 60.5 Å². The Morgan fingerprint density at radius 1 is 0.703 bits per heavy atom. The van der Waals surface area contributed by atoms with E-state index >= 15 is 0 Å². The van der Waals surface area contributed by atoms with Crippen LogP contribution < -0.4 is 33.8 Å². The van der Waals surface area contributed by atoms with Gasteiger partial charge in [-0.3, -0.25) is 21.1 Å². The summed E-state index contributed by atoms with van der Waals surface area (Å²) >= 11 is 0. The lowest BCUT2D eigenvalue weighted by Crippen LogP contribution is -2.41. The topological polar surface area (TPSA) is 362 Å². The van der Waals surface area contributed by atoms with Crippen molar-refractivity contribution in [3.63, 3.8) is 0 Å². The number of aliphatic hydroxyl groups is 10. The maximum Gasteiger partial charge on any atom is 0.0897 e. The van der Waals surface area contributed by atoms with Crippen molar-refractivity contribution >= 4 is 0 Å². The smallest absolute Gasteiger partial charge is 0.0897 e. The average molecular weight is 939 g/mol. The van der Waals surface area contributed by atoms with Gasteiger partial charge in [0.05, 0.1) is 83.4 Å². The fraction of sp³-hybridized carbons (Fsp3) is 1.00.